The van der Waals surface area contributed by atoms with Gasteiger partial charge in [0.15, 0.2) is 0 Å². The highest BCUT2D eigenvalue weighted by Gasteiger charge is 2.28. The minimum absolute atomic E-state index is 0.0539. The van der Waals surface area contributed by atoms with Crippen LogP contribution in [-0.2, 0) is 24.8 Å². The lowest BCUT2D eigenvalue weighted by Gasteiger charge is -2.26. The summed E-state index contributed by atoms with van der Waals surface area (Å²) in [5, 5.41) is 2.64. The maximum atomic E-state index is 13.6. The Bertz CT molecular complexity index is 1650. The monoisotopic (exact) mass is 551 g/mol. The molecule has 0 aliphatic heterocycles. The summed E-state index contributed by atoms with van der Waals surface area (Å²) in [6, 6.07) is 20.1. The van der Waals surface area contributed by atoms with E-state index in [4.69, 9.17) is 0 Å². The molecule has 0 spiro atoms. The number of hydrogen-bond donors (Lipinski definition) is 2. The van der Waals surface area contributed by atoms with Crippen LogP contribution in [0.2, 0.25) is 0 Å². The number of hydrogen-bond acceptors (Lipinski definition) is 7. The Morgan fingerprint density at radius 1 is 0.789 bits per heavy atom. The summed E-state index contributed by atoms with van der Waals surface area (Å²) in [6.45, 7) is 3.17. The summed E-state index contributed by atoms with van der Waals surface area (Å²) >= 11 is 0. The molecule has 1 amide bonds. The number of carbonyl (C=O) groups is 1. The Balaban J connectivity index is 1.56. The highest BCUT2D eigenvalue weighted by molar-refractivity contribution is 7.93. The molecule has 1 heterocycles. The van der Waals surface area contributed by atoms with Gasteiger partial charge in [-0.2, -0.15) is 0 Å². The van der Waals surface area contributed by atoms with Gasteiger partial charge in [-0.25, -0.2) is 31.5 Å². The molecule has 0 aliphatic carbocycles. The third-order valence-corrected chi connectivity index (χ3v) is 8.82. The zero-order valence-corrected chi connectivity index (χ0v) is 22.2. The number of carbonyl (C=O) groups excluding carboxylic acids is 1. The Morgan fingerprint density at radius 2 is 1.45 bits per heavy atom. The largest absolute Gasteiger partial charge is 0.325 e. The Hall–Kier alpha value is -4.29. The van der Waals surface area contributed by atoms with Gasteiger partial charge in [0, 0.05) is 18.1 Å². The second-order valence-corrected chi connectivity index (χ2v) is 11.8. The third kappa shape index (κ3) is 5.98. The molecule has 0 radical (unpaired) electrons. The number of benzene rings is 3. The molecule has 0 atom stereocenters. The molecule has 2 N–H and O–H groups in total. The van der Waals surface area contributed by atoms with Gasteiger partial charge < -0.3 is 5.32 Å². The van der Waals surface area contributed by atoms with Crippen LogP contribution in [0.5, 0.6) is 0 Å². The van der Waals surface area contributed by atoms with E-state index in [0.29, 0.717) is 11.4 Å². The van der Waals surface area contributed by atoms with Crippen molar-refractivity contribution in [2.45, 2.75) is 23.6 Å². The van der Waals surface area contributed by atoms with Crippen molar-refractivity contribution in [3.63, 3.8) is 0 Å². The Kier molecular flexibility index (Phi) is 7.74. The zero-order chi connectivity index (χ0) is 27.3. The van der Waals surface area contributed by atoms with E-state index in [0.717, 1.165) is 15.4 Å². The van der Waals surface area contributed by atoms with Gasteiger partial charge in [-0.15, -0.1) is 0 Å². The Morgan fingerprint density at radius 3 is 2.11 bits per heavy atom. The zero-order valence-electron chi connectivity index (χ0n) is 20.6. The first-order valence-corrected chi connectivity index (χ1v) is 14.3. The van der Waals surface area contributed by atoms with Crippen LogP contribution in [0.25, 0.3) is 0 Å². The summed E-state index contributed by atoms with van der Waals surface area (Å²) in [5.41, 5.74) is 2.29. The molecule has 196 valence electrons. The van der Waals surface area contributed by atoms with E-state index in [2.05, 4.69) is 20.0 Å². The minimum atomic E-state index is -4.06. The number of nitrogens with one attached hydrogen (secondary N) is 2. The molecule has 10 nitrogen and oxygen atoms in total. The normalized spacial score (nSPS) is 11.5. The summed E-state index contributed by atoms with van der Waals surface area (Å²) in [7, 11) is -8.01. The molecule has 0 saturated heterocycles. The molecule has 0 unspecified atom stereocenters. The van der Waals surface area contributed by atoms with Gasteiger partial charge in [0.25, 0.3) is 20.0 Å². The molecule has 0 bridgehead atoms. The van der Waals surface area contributed by atoms with Gasteiger partial charge in [-0.3, -0.25) is 9.10 Å². The van der Waals surface area contributed by atoms with E-state index in [1.807, 2.05) is 13.0 Å². The first kappa shape index (κ1) is 26.8. The number of anilines is 3. The number of nitrogens with zero attached hydrogens (tertiary/aromatic N) is 3. The fraction of sp³-hybridized carbons (Fsp3) is 0.115. The smallest absolute Gasteiger partial charge is 0.264 e. The van der Waals surface area contributed by atoms with Gasteiger partial charge in [0.2, 0.25) is 11.9 Å². The molecule has 38 heavy (non-hydrogen) atoms. The number of amides is 1. The summed E-state index contributed by atoms with van der Waals surface area (Å²) in [6.07, 6.45) is 2.81. The fourth-order valence-corrected chi connectivity index (χ4v) is 6.06. The predicted octanol–water partition coefficient (Wildman–Crippen LogP) is 3.73. The molecule has 3 aromatic carbocycles. The van der Waals surface area contributed by atoms with Crippen molar-refractivity contribution < 1.29 is 21.6 Å². The van der Waals surface area contributed by atoms with Gasteiger partial charge in [0.1, 0.15) is 6.54 Å². The van der Waals surface area contributed by atoms with Crippen molar-refractivity contribution in [3.8, 4) is 0 Å². The average Bonchev–Trinajstić information content (AvgIpc) is 2.90. The lowest BCUT2D eigenvalue weighted by Crippen LogP contribution is -2.38. The molecular formula is C26H25N5O5S2. The topological polar surface area (TPSA) is 138 Å². The van der Waals surface area contributed by atoms with Crippen molar-refractivity contribution >= 4 is 43.3 Å². The van der Waals surface area contributed by atoms with Gasteiger partial charge >= 0.3 is 0 Å². The summed E-state index contributed by atoms with van der Waals surface area (Å²) in [4.78, 5) is 20.7. The predicted molar refractivity (Wildman–Crippen MR) is 145 cm³/mol. The van der Waals surface area contributed by atoms with Crippen LogP contribution >= 0.6 is 0 Å². The van der Waals surface area contributed by atoms with E-state index in [-0.39, 0.29) is 15.7 Å². The molecule has 0 fully saturated rings. The van der Waals surface area contributed by atoms with Crippen molar-refractivity contribution in [1.29, 1.82) is 0 Å². The van der Waals surface area contributed by atoms with Crippen LogP contribution < -0.4 is 14.3 Å². The Labute approximate surface area is 221 Å². The number of aryl methyl sites for hydroxylation is 1. The van der Waals surface area contributed by atoms with Crippen molar-refractivity contribution in [2.75, 3.05) is 20.9 Å². The van der Waals surface area contributed by atoms with E-state index in [1.165, 1.54) is 48.8 Å². The molecule has 12 heteroatoms. The maximum absolute atomic E-state index is 13.6. The minimum Gasteiger partial charge on any atom is -0.325 e. The third-order valence-electron chi connectivity index (χ3n) is 5.70. The van der Waals surface area contributed by atoms with E-state index in [1.54, 1.807) is 43.3 Å². The molecule has 1 aromatic heterocycles. The summed E-state index contributed by atoms with van der Waals surface area (Å²) < 4.78 is 55.6. The van der Waals surface area contributed by atoms with Gasteiger partial charge in [-0.05, 0) is 73.5 Å². The quantitative estimate of drug-likeness (QED) is 0.323. The van der Waals surface area contributed by atoms with Crippen LogP contribution in [0.15, 0.2) is 101 Å². The maximum Gasteiger partial charge on any atom is 0.264 e. The second-order valence-electron chi connectivity index (χ2n) is 8.29. The molecule has 4 rings (SSSR count). The highest BCUT2D eigenvalue weighted by Crippen LogP contribution is 2.28. The first-order valence-electron chi connectivity index (χ1n) is 11.4. The van der Waals surface area contributed by atoms with Crippen LogP contribution in [0.1, 0.15) is 11.1 Å². The van der Waals surface area contributed by atoms with E-state index in [9.17, 15) is 21.6 Å². The second kappa shape index (κ2) is 11.0. The molecule has 0 saturated carbocycles. The lowest BCUT2D eigenvalue weighted by atomic mass is 10.1. The number of sulfonamides is 2. The van der Waals surface area contributed by atoms with Crippen molar-refractivity contribution in [1.82, 2.24) is 9.97 Å². The van der Waals surface area contributed by atoms with Crippen LogP contribution in [0, 0.1) is 13.8 Å². The van der Waals surface area contributed by atoms with Crippen LogP contribution in [-0.4, -0.2) is 39.3 Å². The lowest BCUT2D eigenvalue weighted by molar-refractivity contribution is -0.114. The molecule has 0 aliphatic rings. The highest BCUT2D eigenvalue weighted by atomic mass is 32.2. The van der Waals surface area contributed by atoms with E-state index >= 15 is 0 Å². The average molecular weight is 552 g/mol. The van der Waals surface area contributed by atoms with Crippen molar-refractivity contribution in [2.24, 2.45) is 0 Å². The van der Waals surface area contributed by atoms with Gasteiger partial charge in [0.05, 0.1) is 15.5 Å². The van der Waals surface area contributed by atoms with Crippen molar-refractivity contribution in [3.05, 3.63) is 102 Å². The molecular weight excluding hydrogens is 526 g/mol. The molecule has 4 aromatic rings. The van der Waals surface area contributed by atoms with E-state index < -0.39 is 32.5 Å². The van der Waals surface area contributed by atoms with Gasteiger partial charge in [-0.1, -0.05) is 30.3 Å². The number of rotatable bonds is 9. The van der Waals surface area contributed by atoms with Crippen LogP contribution in [0.3, 0.4) is 0 Å². The van der Waals surface area contributed by atoms with Crippen LogP contribution in [0.4, 0.5) is 17.3 Å². The fourth-order valence-electron chi connectivity index (χ4n) is 3.60. The first-order chi connectivity index (χ1) is 18.1. The SMILES string of the molecule is Cc1cccc(N(CC(=O)Nc2ccc(S(=O)(=O)Nc3ncccn3)cc2)S(=O)(=O)c2ccccc2)c1C. The standard InChI is InChI=1S/C26H25N5O5S2/c1-19-8-6-11-24(20(19)2)31(38(35,36)23-9-4-3-5-10-23)18-25(32)29-21-12-14-22(15-13-21)37(33,34)30-26-27-16-7-17-28-26/h3-17H,18H2,1-2H3,(H,29,32)(H,27,28,30). The number of aromatic nitrogens is 2. The summed E-state index contributed by atoms with van der Waals surface area (Å²) in [5.74, 6) is -0.673.